The second kappa shape index (κ2) is 10.0. The van der Waals surface area contributed by atoms with Gasteiger partial charge in [0.05, 0.1) is 22.1 Å². The summed E-state index contributed by atoms with van der Waals surface area (Å²) in [5.74, 6) is 0.558. The fraction of sp³-hybridized carbons (Fsp3) is 0.200. The normalized spacial score (nSPS) is 17.0. The number of allylic oxidation sites excluding steroid dienone is 1. The molecule has 2 heteroatoms. The van der Waals surface area contributed by atoms with Crippen LogP contribution >= 0.6 is 0 Å². The van der Waals surface area contributed by atoms with E-state index < -0.39 is 0 Å². The highest BCUT2D eigenvalue weighted by Gasteiger charge is 2.40. The summed E-state index contributed by atoms with van der Waals surface area (Å²) in [7, 11) is 0. The molecule has 252 valence electrons. The number of benzene rings is 6. The quantitative estimate of drug-likeness (QED) is 0.173. The van der Waals surface area contributed by atoms with Crippen molar-refractivity contribution in [3.8, 4) is 16.8 Å². The summed E-state index contributed by atoms with van der Waals surface area (Å²) in [5.41, 5.74) is 17.7. The van der Waals surface area contributed by atoms with E-state index in [9.17, 15) is 0 Å². The zero-order chi connectivity index (χ0) is 35.3. The van der Waals surface area contributed by atoms with Crippen LogP contribution in [0.5, 0.6) is 0 Å². The Morgan fingerprint density at radius 2 is 1.23 bits per heavy atom. The average Bonchev–Trinajstić information content (AvgIpc) is 3.86. The van der Waals surface area contributed by atoms with E-state index in [2.05, 4.69) is 184 Å². The smallest absolute Gasteiger partial charge is 0.0626 e. The van der Waals surface area contributed by atoms with Crippen molar-refractivity contribution in [3.05, 3.63) is 161 Å². The summed E-state index contributed by atoms with van der Waals surface area (Å²) in [4.78, 5) is 0. The van der Waals surface area contributed by atoms with Crippen LogP contribution < -0.4 is 0 Å². The van der Waals surface area contributed by atoms with Gasteiger partial charge in [-0.25, -0.2) is 0 Å². The number of hydrogen-bond acceptors (Lipinski definition) is 0. The minimum Gasteiger partial charge on any atom is -0.312 e. The Labute approximate surface area is 305 Å². The van der Waals surface area contributed by atoms with Gasteiger partial charge in [-0.15, -0.1) is 0 Å². The summed E-state index contributed by atoms with van der Waals surface area (Å²) < 4.78 is 5.15. The predicted octanol–water partition coefficient (Wildman–Crippen LogP) is 13.3. The van der Waals surface area contributed by atoms with E-state index in [0.29, 0.717) is 0 Å². The van der Waals surface area contributed by atoms with Crippen molar-refractivity contribution in [1.29, 1.82) is 0 Å². The molecule has 3 aromatic heterocycles. The van der Waals surface area contributed by atoms with Gasteiger partial charge < -0.3 is 8.97 Å². The maximum absolute atomic E-state index is 2.60. The number of hydrogen-bond donors (Lipinski definition) is 0. The van der Waals surface area contributed by atoms with E-state index in [0.717, 1.165) is 0 Å². The van der Waals surface area contributed by atoms with Crippen molar-refractivity contribution in [1.82, 2.24) is 8.97 Å². The lowest BCUT2D eigenvalue weighted by Crippen LogP contribution is -2.14. The third-order valence-corrected chi connectivity index (χ3v) is 12.4. The molecule has 2 aliphatic rings. The first kappa shape index (κ1) is 30.1. The molecule has 0 radical (unpaired) electrons. The molecule has 6 aromatic carbocycles. The first-order chi connectivity index (χ1) is 25.1. The Kier molecular flexibility index (Phi) is 5.81. The third-order valence-electron chi connectivity index (χ3n) is 12.4. The first-order valence-electron chi connectivity index (χ1n) is 18.9. The van der Waals surface area contributed by atoms with Crippen LogP contribution in [0.1, 0.15) is 86.9 Å². The van der Waals surface area contributed by atoms with Crippen molar-refractivity contribution in [2.24, 2.45) is 0 Å². The molecule has 52 heavy (non-hydrogen) atoms. The van der Waals surface area contributed by atoms with Gasteiger partial charge in [0, 0.05) is 55.7 Å². The average molecular weight is 671 g/mol. The molecule has 2 unspecified atom stereocenters. The monoisotopic (exact) mass is 670 g/mol. The Balaban J connectivity index is 1.17. The molecule has 2 nitrogen and oxygen atoms in total. The van der Waals surface area contributed by atoms with Gasteiger partial charge in [0.2, 0.25) is 0 Å². The van der Waals surface area contributed by atoms with Crippen molar-refractivity contribution < 1.29 is 0 Å². The maximum Gasteiger partial charge on any atom is 0.0626 e. The van der Waals surface area contributed by atoms with Gasteiger partial charge >= 0.3 is 0 Å². The molecule has 0 amide bonds. The Morgan fingerprint density at radius 1 is 0.558 bits per heavy atom. The summed E-state index contributed by atoms with van der Waals surface area (Å²) >= 11 is 0. The maximum atomic E-state index is 2.60. The minimum atomic E-state index is 0.121. The van der Waals surface area contributed by atoms with Crippen molar-refractivity contribution >= 4 is 55.1 Å². The zero-order valence-electron chi connectivity index (χ0n) is 30.8. The molecule has 1 aliphatic carbocycles. The highest BCUT2D eigenvalue weighted by atomic mass is 15.0. The van der Waals surface area contributed by atoms with Crippen molar-refractivity contribution in [2.75, 3.05) is 0 Å². The van der Waals surface area contributed by atoms with Crippen molar-refractivity contribution in [3.63, 3.8) is 0 Å². The van der Waals surface area contributed by atoms with E-state index in [4.69, 9.17) is 0 Å². The van der Waals surface area contributed by atoms with E-state index in [1.165, 1.54) is 99.3 Å². The molecule has 0 fully saturated rings. The van der Waals surface area contributed by atoms with Crippen LogP contribution in [0.15, 0.2) is 127 Å². The molecule has 0 saturated carbocycles. The van der Waals surface area contributed by atoms with E-state index in [-0.39, 0.29) is 22.7 Å². The van der Waals surface area contributed by atoms with Crippen LogP contribution in [-0.4, -0.2) is 8.97 Å². The lowest BCUT2D eigenvalue weighted by molar-refractivity contribution is 0.589. The van der Waals surface area contributed by atoms with Crippen LogP contribution in [-0.2, 0) is 10.8 Å². The van der Waals surface area contributed by atoms with Crippen LogP contribution in [0.3, 0.4) is 0 Å². The molecule has 4 heterocycles. The number of para-hydroxylation sites is 2. The fourth-order valence-electron chi connectivity index (χ4n) is 9.75. The standard InChI is InChI=1S/C50H42N2/c1-49(2,3)31-19-15-29(16-20-31)33-23-25-35-39-27-44-40(28-43(39)51-41-13-9-7-11-37(41)45(33)47(35)51)36-26-24-34(30-17-21-32(22-18-30)50(4,5)6)46-38-12-8-10-14-42(38)52(44)48(36)46/h7-28,33,45H,1-6H3. The molecular formula is C50H42N2. The minimum absolute atomic E-state index is 0.121. The highest BCUT2D eigenvalue weighted by molar-refractivity contribution is 6.28. The molecule has 9 aromatic rings. The molecule has 2 atom stereocenters. The first-order valence-corrected chi connectivity index (χ1v) is 18.9. The Morgan fingerprint density at radius 3 is 1.98 bits per heavy atom. The number of fused-ring (bicyclic) bond motifs is 12. The molecule has 0 N–H and O–H groups in total. The van der Waals surface area contributed by atoms with Crippen LogP contribution in [0.25, 0.3) is 71.9 Å². The van der Waals surface area contributed by atoms with Crippen LogP contribution in [0.4, 0.5) is 0 Å². The SMILES string of the molecule is CC(C)(C)c1ccc(-c2ccc3c4cc5c(cc4n4c6ccccc6c2c34)c2c3n5-c4ccccc4C3C(c3ccc(C(C)(C)C)cc3)C=C2)cc1. The molecule has 11 rings (SSSR count). The van der Waals surface area contributed by atoms with Gasteiger partial charge in [-0.1, -0.05) is 151 Å². The van der Waals surface area contributed by atoms with Gasteiger partial charge in [-0.05, 0) is 68.5 Å². The molecule has 0 saturated heterocycles. The Bertz CT molecular complexity index is 2950. The topological polar surface area (TPSA) is 9.34 Å². The van der Waals surface area contributed by atoms with Crippen LogP contribution in [0, 0.1) is 0 Å². The van der Waals surface area contributed by atoms with Gasteiger partial charge in [0.15, 0.2) is 0 Å². The largest absolute Gasteiger partial charge is 0.312 e. The summed E-state index contributed by atoms with van der Waals surface area (Å²) in [6.07, 6.45) is 4.91. The number of nitrogens with zero attached hydrogens (tertiary/aromatic N) is 2. The molecule has 0 spiro atoms. The second-order valence-corrected chi connectivity index (χ2v) is 17.4. The van der Waals surface area contributed by atoms with Gasteiger partial charge in [-0.2, -0.15) is 0 Å². The van der Waals surface area contributed by atoms with Crippen LogP contribution in [0.2, 0.25) is 0 Å². The van der Waals surface area contributed by atoms with Gasteiger partial charge in [-0.3, -0.25) is 0 Å². The molecule has 1 aliphatic heterocycles. The summed E-state index contributed by atoms with van der Waals surface area (Å²) in [6.45, 7) is 13.7. The zero-order valence-corrected chi connectivity index (χ0v) is 30.8. The second-order valence-electron chi connectivity index (χ2n) is 17.4. The number of rotatable bonds is 2. The van der Waals surface area contributed by atoms with Crippen molar-refractivity contribution in [2.45, 2.75) is 64.2 Å². The van der Waals surface area contributed by atoms with E-state index in [1.807, 2.05) is 0 Å². The van der Waals surface area contributed by atoms with E-state index >= 15 is 0 Å². The summed E-state index contributed by atoms with van der Waals surface area (Å²) in [5, 5.41) is 6.63. The lowest BCUT2D eigenvalue weighted by Gasteiger charge is -2.27. The highest BCUT2D eigenvalue weighted by Crippen LogP contribution is 2.55. The summed E-state index contributed by atoms with van der Waals surface area (Å²) in [6, 6.07) is 46.5. The third kappa shape index (κ3) is 3.90. The number of aromatic nitrogens is 2. The Hall–Kier alpha value is -5.60. The molecule has 0 bridgehead atoms. The predicted molar refractivity (Wildman–Crippen MR) is 221 cm³/mol. The molecular weight excluding hydrogens is 629 g/mol. The lowest BCUT2D eigenvalue weighted by atomic mass is 9.75. The fourth-order valence-corrected chi connectivity index (χ4v) is 9.75. The van der Waals surface area contributed by atoms with E-state index in [1.54, 1.807) is 0 Å². The van der Waals surface area contributed by atoms with Gasteiger partial charge in [0.25, 0.3) is 0 Å². The van der Waals surface area contributed by atoms with Gasteiger partial charge in [0.1, 0.15) is 0 Å².